The Kier molecular flexibility index (Phi) is 7.11. The zero-order chi connectivity index (χ0) is 13.2. The molecule has 0 saturated carbocycles. The molecule has 0 bridgehead atoms. The number of unbranched alkanes of at least 4 members (excludes halogenated alkanes) is 3. The first-order valence-electron chi connectivity index (χ1n) is 6.70. The van der Waals surface area contributed by atoms with Gasteiger partial charge in [-0.2, -0.15) is 0 Å². The van der Waals surface area contributed by atoms with E-state index in [1.54, 1.807) is 0 Å². The van der Waals surface area contributed by atoms with Gasteiger partial charge >= 0.3 is 5.97 Å². The molecule has 0 unspecified atom stereocenters. The summed E-state index contributed by atoms with van der Waals surface area (Å²) < 4.78 is 5.16. The molecule has 0 aliphatic rings. The van der Waals surface area contributed by atoms with Crippen LogP contribution in [0.15, 0.2) is 30.3 Å². The summed E-state index contributed by atoms with van der Waals surface area (Å²) in [6, 6.07) is 9.21. The van der Waals surface area contributed by atoms with E-state index < -0.39 is 6.04 Å². The van der Waals surface area contributed by atoms with E-state index >= 15 is 0 Å². The SMILES string of the molecule is CCCCCCOC(=O)[C@@H](N)Cc1ccccc1. The molecule has 0 aromatic heterocycles. The highest BCUT2D eigenvalue weighted by Gasteiger charge is 2.15. The van der Waals surface area contributed by atoms with Crippen LogP contribution in [0.3, 0.4) is 0 Å². The minimum Gasteiger partial charge on any atom is -0.465 e. The topological polar surface area (TPSA) is 52.3 Å². The maximum atomic E-state index is 11.6. The van der Waals surface area contributed by atoms with Gasteiger partial charge in [0.2, 0.25) is 0 Å². The number of carbonyl (C=O) groups is 1. The third-order valence-electron chi connectivity index (χ3n) is 2.84. The lowest BCUT2D eigenvalue weighted by Gasteiger charge is -2.11. The van der Waals surface area contributed by atoms with Crippen molar-refractivity contribution < 1.29 is 9.53 Å². The maximum Gasteiger partial charge on any atom is 0.323 e. The van der Waals surface area contributed by atoms with E-state index in [9.17, 15) is 4.79 Å². The largest absolute Gasteiger partial charge is 0.465 e. The third-order valence-corrected chi connectivity index (χ3v) is 2.84. The molecule has 0 spiro atoms. The summed E-state index contributed by atoms with van der Waals surface area (Å²) in [5.74, 6) is -0.296. The lowest BCUT2D eigenvalue weighted by molar-refractivity contribution is -0.145. The standard InChI is InChI=1S/C15H23NO2/c1-2-3-4-8-11-18-15(17)14(16)12-13-9-6-5-7-10-13/h5-7,9-10,14H,2-4,8,11-12,16H2,1H3/t14-/m0/s1. The Morgan fingerprint density at radius 2 is 1.94 bits per heavy atom. The minimum absolute atomic E-state index is 0.296. The van der Waals surface area contributed by atoms with Gasteiger partial charge in [-0.15, -0.1) is 0 Å². The van der Waals surface area contributed by atoms with E-state index in [0.29, 0.717) is 13.0 Å². The molecule has 3 heteroatoms. The second kappa shape index (κ2) is 8.70. The van der Waals surface area contributed by atoms with Gasteiger partial charge in [-0.1, -0.05) is 56.5 Å². The number of carbonyl (C=O) groups excluding carboxylic acids is 1. The van der Waals surface area contributed by atoms with Crippen LogP contribution in [0.5, 0.6) is 0 Å². The molecule has 0 fully saturated rings. The number of rotatable bonds is 8. The molecule has 0 aliphatic carbocycles. The second-order valence-electron chi connectivity index (χ2n) is 4.52. The summed E-state index contributed by atoms with van der Waals surface area (Å²) in [6.45, 7) is 2.64. The van der Waals surface area contributed by atoms with Crippen molar-refractivity contribution in [1.82, 2.24) is 0 Å². The van der Waals surface area contributed by atoms with Crippen LogP contribution in [0, 0.1) is 0 Å². The van der Waals surface area contributed by atoms with Gasteiger partial charge in [0.05, 0.1) is 6.61 Å². The van der Waals surface area contributed by atoms with Gasteiger partial charge in [-0.05, 0) is 18.4 Å². The zero-order valence-electron chi connectivity index (χ0n) is 11.1. The molecule has 3 nitrogen and oxygen atoms in total. The Hall–Kier alpha value is -1.35. The van der Waals surface area contributed by atoms with Crippen molar-refractivity contribution >= 4 is 5.97 Å². The highest BCUT2D eigenvalue weighted by molar-refractivity contribution is 5.75. The summed E-state index contributed by atoms with van der Waals surface area (Å²) in [5.41, 5.74) is 6.88. The predicted octanol–water partition coefficient (Wildman–Crippen LogP) is 2.68. The molecular formula is C15H23NO2. The molecule has 2 N–H and O–H groups in total. The molecule has 1 aromatic rings. The number of benzene rings is 1. The molecule has 100 valence electrons. The fraction of sp³-hybridized carbons (Fsp3) is 0.533. The van der Waals surface area contributed by atoms with E-state index in [2.05, 4.69) is 6.92 Å². The van der Waals surface area contributed by atoms with E-state index in [4.69, 9.17) is 10.5 Å². The highest BCUT2D eigenvalue weighted by atomic mass is 16.5. The Labute approximate surface area is 109 Å². The smallest absolute Gasteiger partial charge is 0.323 e. The van der Waals surface area contributed by atoms with Crippen LogP contribution in [-0.2, 0) is 16.0 Å². The van der Waals surface area contributed by atoms with Gasteiger partial charge in [-0.25, -0.2) is 0 Å². The summed E-state index contributed by atoms with van der Waals surface area (Å²) in [7, 11) is 0. The molecular weight excluding hydrogens is 226 g/mol. The molecule has 1 atom stereocenters. The predicted molar refractivity (Wildman–Crippen MR) is 73.2 cm³/mol. The first kappa shape index (κ1) is 14.7. The van der Waals surface area contributed by atoms with Crippen LogP contribution >= 0.6 is 0 Å². The first-order valence-corrected chi connectivity index (χ1v) is 6.70. The van der Waals surface area contributed by atoms with Crippen LogP contribution < -0.4 is 5.73 Å². The zero-order valence-corrected chi connectivity index (χ0v) is 11.1. The Morgan fingerprint density at radius 1 is 1.22 bits per heavy atom. The molecule has 0 saturated heterocycles. The number of esters is 1. The molecule has 18 heavy (non-hydrogen) atoms. The van der Waals surface area contributed by atoms with Gasteiger partial charge in [0.25, 0.3) is 0 Å². The van der Waals surface area contributed by atoms with Crippen molar-refractivity contribution in [3.8, 4) is 0 Å². The van der Waals surface area contributed by atoms with Crippen molar-refractivity contribution in [1.29, 1.82) is 0 Å². The van der Waals surface area contributed by atoms with Gasteiger partial charge < -0.3 is 10.5 Å². The Bertz CT molecular complexity index is 338. The average Bonchev–Trinajstić information content (AvgIpc) is 2.39. The lowest BCUT2D eigenvalue weighted by atomic mass is 10.1. The molecule has 0 aliphatic heterocycles. The van der Waals surface area contributed by atoms with Gasteiger partial charge in [-0.3, -0.25) is 4.79 Å². The van der Waals surface area contributed by atoms with Crippen LogP contribution in [0.4, 0.5) is 0 Å². The highest BCUT2D eigenvalue weighted by Crippen LogP contribution is 2.04. The Morgan fingerprint density at radius 3 is 2.61 bits per heavy atom. The van der Waals surface area contributed by atoms with E-state index in [1.807, 2.05) is 30.3 Å². The lowest BCUT2D eigenvalue weighted by Crippen LogP contribution is -2.34. The monoisotopic (exact) mass is 249 g/mol. The first-order chi connectivity index (χ1) is 8.74. The summed E-state index contributed by atoms with van der Waals surface area (Å²) >= 11 is 0. The molecule has 1 rings (SSSR count). The fourth-order valence-electron chi connectivity index (χ4n) is 1.76. The van der Waals surface area contributed by atoms with E-state index in [0.717, 1.165) is 18.4 Å². The Balaban J connectivity index is 2.21. The molecule has 0 amide bonds. The van der Waals surface area contributed by atoms with Gasteiger partial charge in [0.15, 0.2) is 0 Å². The van der Waals surface area contributed by atoms with Crippen molar-refractivity contribution in [2.45, 2.75) is 45.1 Å². The molecule has 0 heterocycles. The van der Waals surface area contributed by atoms with Gasteiger partial charge in [0.1, 0.15) is 6.04 Å². The number of hydrogen-bond donors (Lipinski definition) is 1. The van der Waals surface area contributed by atoms with Crippen molar-refractivity contribution in [3.63, 3.8) is 0 Å². The molecule has 0 radical (unpaired) electrons. The normalized spacial score (nSPS) is 12.1. The number of nitrogens with two attached hydrogens (primary N) is 1. The third kappa shape index (κ3) is 5.82. The fourth-order valence-corrected chi connectivity index (χ4v) is 1.76. The maximum absolute atomic E-state index is 11.6. The van der Waals surface area contributed by atoms with Crippen molar-refractivity contribution in [3.05, 3.63) is 35.9 Å². The summed E-state index contributed by atoms with van der Waals surface area (Å²) in [6.07, 6.45) is 4.94. The summed E-state index contributed by atoms with van der Waals surface area (Å²) in [5, 5.41) is 0. The van der Waals surface area contributed by atoms with Crippen LogP contribution in [0.1, 0.15) is 38.2 Å². The van der Waals surface area contributed by atoms with Crippen LogP contribution in [-0.4, -0.2) is 18.6 Å². The average molecular weight is 249 g/mol. The molecule has 1 aromatic carbocycles. The quantitative estimate of drug-likeness (QED) is 0.569. The van der Waals surface area contributed by atoms with Crippen molar-refractivity contribution in [2.75, 3.05) is 6.61 Å². The van der Waals surface area contributed by atoms with Crippen molar-refractivity contribution in [2.24, 2.45) is 5.73 Å². The van der Waals surface area contributed by atoms with Crippen LogP contribution in [0.2, 0.25) is 0 Å². The minimum atomic E-state index is -0.557. The van der Waals surface area contributed by atoms with Gasteiger partial charge in [0, 0.05) is 0 Å². The number of hydrogen-bond acceptors (Lipinski definition) is 3. The van der Waals surface area contributed by atoms with E-state index in [-0.39, 0.29) is 5.97 Å². The van der Waals surface area contributed by atoms with Crippen LogP contribution in [0.25, 0.3) is 0 Å². The number of ether oxygens (including phenoxy) is 1. The second-order valence-corrected chi connectivity index (χ2v) is 4.52. The van der Waals surface area contributed by atoms with E-state index in [1.165, 1.54) is 12.8 Å². The summed E-state index contributed by atoms with van der Waals surface area (Å²) in [4.78, 5) is 11.6.